The van der Waals surface area contributed by atoms with E-state index >= 15 is 0 Å². The summed E-state index contributed by atoms with van der Waals surface area (Å²) in [6, 6.07) is -0.331. The Morgan fingerprint density at radius 1 is 1.78 bits per heavy atom. The largest absolute Gasteiger partial charge is 0.320 e. The van der Waals surface area contributed by atoms with Crippen LogP contribution in [-0.2, 0) is 4.79 Å². The molecule has 0 aromatic rings. The van der Waals surface area contributed by atoms with Crippen LogP contribution in [0.4, 0.5) is 0 Å². The fourth-order valence-electron chi connectivity index (χ4n) is 0.744. The molecule has 0 aromatic carbocycles. The second kappa shape index (κ2) is 2.58. The summed E-state index contributed by atoms with van der Waals surface area (Å²) in [7, 11) is 0. The van der Waals surface area contributed by atoms with Gasteiger partial charge >= 0.3 is 0 Å². The van der Waals surface area contributed by atoms with Crippen LogP contribution in [0.5, 0.6) is 0 Å². The van der Waals surface area contributed by atoms with Crippen LogP contribution in [0, 0.1) is 5.92 Å². The lowest BCUT2D eigenvalue weighted by atomic mass is 10.2. The molecule has 3 N–H and O–H groups in total. The summed E-state index contributed by atoms with van der Waals surface area (Å²) < 4.78 is 2.22. The lowest BCUT2D eigenvalue weighted by Gasteiger charge is -2.05. The van der Waals surface area contributed by atoms with E-state index in [1.54, 1.807) is 0 Å². The van der Waals surface area contributed by atoms with Gasteiger partial charge in [0, 0.05) is 0 Å². The van der Waals surface area contributed by atoms with Crippen molar-refractivity contribution in [2.24, 2.45) is 11.7 Å². The minimum atomic E-state index is -0.331. The summed E-state index contributed by atoms with van der Waals surface area (Å²) >= 11 is 3.60. The molecule has 1 amide bonds. The molecular formula is C5H10N2OS. The maximum absolute atomic E-state index is 10.7. The third-order valence-corrected chi connectivity index (χ3v) is 1.76. The Kier molecular flexibility index (Phi) is 1.97. The van der Waals surface area contributed by atoms with Gasteiger partial charge in [-0.1, -0.05) is 12.8 Å². The monoisotopic (exact) mass is 146 g/mol. The van der Waals surface area contributed by atoms with E-state index in [0.29, 0.717) is 5.92 Å². The molecule has 1 atom stereocenters. The Morgan fingerprint density at radius 3 is 2.67 bits per heavy atom. The number of hydrogen-bond donors (Lipinski definition) is 3. The molecule has 0 aliphatic heterocycles. The second-order valence-corrected chi connectivity index (χ2v) is 2.56. The number of rotatable bonds is 2. The average molecular weight is 146 g/mol. The molecule has 0 bridgehead atoms. The van der Waals surface area contributed by atoms with Gasteiger partial charge < -0.3 is 10.5 Å². The van der Waals surface area contributed by atoms with Gasteiger partial charge in [-0.25, -0.2) is 0 Å². The van der Waals surface area contributed by atoms with E-state index in [2.05, 4.69) is 17.5 Å². The zero-order chi connectivity index (χ0) is 6.85. The summed E-state index contributed by atoms with van der Waals surface area (Å²) in [5.74, 6) is 0.248. The molecule has 1 saturated carbocycles. The zero-order valence-electron chi connectivity index (χ0n) is 5.00. The molecule has 1 fully saturated rings. The van der Waals surface area contributed by atoms with Crippen LogP contribution in [0.15, 0.2) is 0 Å². The lowest BCUT2D eigenvalue weighted by molar-refractivity contribution is -0.120. The highest BCUT2D eigenvalue weighted by atomic mass is 32.1. The highest BCUT2D eigenvalue weighted by Crippen LogP contribution is 2.31. The van der Waals surface area contributed by atoms with Gasteiger partial charge in [0.25, 0.3) is 0 Å². The van der Waals surface area contributed by atoms with Crippen LogP contribution >= 0.6 is 12.8 Å². The fraction of sp³-hybridized carbons (Fsp3) is 0.800. The van der Waals surface area contributed by atoms with Gasteiger partial charge in [-0.2, -0.15) is 0 Å². The third kappa shape index (κ3) is 1.59. The van der Waals surface area contributed by atoms with Crippen molar-refractivity contribution in [2.45, 2.75) is 18.9 Å². The Balaban J connectivity index is 2.30. The molecule has 0 heterocycles. The van der Waals surface area contributed by atoms with Crippen molar-refractivity contribution in [3.8, 4) is 0 Å². The minimum absolute atomic E-state index is 0.166. The molecule has 52 valence electrons. The molecule has 1 unspecified atom stereocenters. The van der Waals surface area contributed by atoms with E-state index in [9.17, 15) is 4.79 Å². The molecule has 3 nitrogen and oxygen atoms in total. The van der Waals surface area contributed by atoms with Crippen molar-refractivity contribution in [1.82, 2.24) is 4.72 Å². The number of nitrogens with two attached hydrogens (primary N) is 1. The number of amides is 1. The molecule has 1 aliphatic carbocycles. The first kappa shape index (κ1) is 6.89. The molecule has 0 saturated heterocycles. The Labute approximate surface area is 59.5 Å². The molecule has 1 rings (SSSR count). The van der Waals surface area contributed by atoms with Gasteiger partial charge in [0.2, 0.25) is 5.91 Å². The second-order valence-electron chi connectivity index (χ2n) is 2.34. The number of nitrogens with one attached hydrogen (secondary N) is 1. The summed E-state index contributed by atoms with van der Waals surface area (Å²) in [6.07, 6.45) is 2.17. The summed E-state index contributed by atoms with van der Waals surface area (Å²) in [4.78, 5) is 10.7. The van der Waals surface area contributed by atoms with Gasteiger partial charge in [0.1, 0.15) is 0 Å². The quantitative estimate of drug-likeness (QED) is 0.468. The molecule has 1 aliphatic rings. The van der Waals surface area contributed by atoms with Gasteiger partial charge in [-0.15, -0.1) is 0 Å². The molecular weight excluding hydrogens is 136 g/mol. The summed E-state index contributed by atoms with van der Waals surface area (Å²) in [6.45, 7) is 0. The van der Waals surface area contributed by atoms with Crippen LogP contribution in [-0.4, -0.2) is 11.9 Å². The van der Waals surface area contributed by atoms with E-state index in [4.69, 9.17) is 5.73 Å². The first-order valence-electron chi connectivity index (χ1n) is 2.95. The number of carbonyl (C=O) groups is 1. The van der Waals surface area contributed by atoms with Crippen LogP contribution in [0.2, 0.25) is 0 Å². The maximum atomic E-state index is 10.7. The topological polar surface area (TPSA) is 55.1 Å². The number of carbonyl (C=O) groups excluding carboxylic acids is 1. The van der Waals surface area contributed by atoms with E-state index in [-0.39, 0.29) is 11.9 Å². The van der Waals surface area contributed by atoms with Crippen molar-refractivity contribution in [3.63, 3.8) is 0 Å². The highest BCUT2D eigenvalue weighted by Gasteiger charge is 2.32. The van der Waals surface area contributed by atoms with E-state index in [1.807, 2.05) is 0 Å². The first-order valence-corrected chi connectivity index (χ1v) is 3.40. The fourth-order valence-corrected chi connectivity index (χ4v) is 0.893. The van der Waals surface area contributed by atoms with E-state index < -0.39 is 0 Å². The van der Waals surface area contributed by atoms with Crippen molar-refractivity contribution < 1.29 is 4.79 Å². The summed E-state index contributed by atoms with van der Waals surface area (Å²) in [5, 5.41) is 0. The Hall–Kier alpha value is -0.220. The van der Waals surface area contributed by atoms with Crippen LogP contribution in [0.3, 0.4) is 0 Å². The maximum Gasteiger partial charge on any atom is 0.246 e. The highest BCUT2D eigenvalue weighted by molar-refractivity contribution is 7.78. The van der Waals surface area contributed by atoms with Crippen molar-refractivity contribution in [2.75, 3.05) is 0 Å². The van der Waals surface area contributed by atoms with Crippen LogP contribution in [0.25, 0.3) is 0 Å². The Morgan fingerprint density at radius 2 is 2.33 bits per heavy atom. The molecule has 0 aromatic heterocycles. The zero-order valence-corrected chi connectivity index (χ0v) is 5.90. The SMILES string of the molecule is NC(C(=O)NS)C1CC1. The average Bonchev–Trinajstić information content (AvgIpc) is 2.66. The van der Waals surface area contributed by atoms with Crippen molar-refractivity contribution in [1.29, 1.82) is 0 Å². The minimum Gasteiger partial charge on any atom is -0.320 e. The van der Waals surface area contributed by atoms with Gasteiger partial charge in [-0.3, -0.25) is 4.79 Å². The smallest absolute Gasteiger partial charge is 0.246 e. The predicted molar refractivity (Wildman–Crippen MR) is 37.8 cm³/mol. The predicted octanol–water partition coefficient (Wildman–Crippen LogP) is -0.315. The van der Waals surface area contributed by atoms with Crippen molar-refractivity contribution in [3.05, 3.63) is 0 Å². The number of hydrogen-bond acceptors (Lipinski definition) is 3. The van der Waals surface area contributed by atoms with Gasteiger partial charge in [0.15, 0.2) is 0 Å². The lowest BCUT2D eigenvalue weighted by Crippen LogP contribution is -2.38. The molecule has 4 heteroatoms. The standard InChI is InChI=1S/C5H10N2OS/c6-4(3-1-2-3)5(8)7-9/h3-4,9H,1-2,6H2,(H,7,8). The molecule has 0 spiro atoms. The normalized spacial score (nSPS) is 21.1. The molecule has 9 heavy (non-hydrogen) atoms. The molecule has 0 radical (unpaired) electrons. The van der Waals surface area contributed by atoms with E-state index in [0.717, 1.165) is 12.8 Å². The first-order chi connectivity index (χ1) is 4.25. The number of thiol groups is 1. The van der Waals surface area contributed by atoms with Crippen LogP contribution < -0.4 is 10.5 Å². The van der Waals surface area contributed by atoms with Gasteiger partial charge in [0.05, 0.1) is 6.04 Å². The summed E-state index contributed by atoms with van der Waals surface area (Å²) in [5.41, 5.74) is 5.47. The Bertz CT molecular complexity index is 124. The van der Waals surface area contributed by atoms with Crippen LogP contribution in [0.1, 0.15) is 12.8 Å². The van der Waals surface area contributed by atoms with Crippen molar-refractivity contribution >= 4 is 18.7 Å². The third-order valence-electron chi connectivity index (χ3n) is 1.54. The van der Waals surface area contributed by atoms with Gasteiger partial charge in [-0.05, 0) is 18.8 Å². The van der Waals surface area contributed by atoms with E-state index in [1.165, 1.54) is 0 Å².